The molecule has 1 saturated carbocycles. The second-order valence-electron chi connectivity index (χ2n) is 5.21. The molecule has 0 aliphatic heterocycles. The molecule has 5 nitrogen and oxygen atoms in total. The summed E-state index contributed by atoms with van der Waals surface area (Å²) in [6.07, 6.45) is 6.14. The summed E-state index contributed by atoms with van der Waals surface area (Å²) in [5.74, 6) is 0.724. The lowest BCUT2D eigenvalue weighted by Gasteiger charge is -2.34. The minimum absolute atomic E-state index is 0.131. The second-order valence-corrected chi connectivity index (χ2v) is 5.21. The van der Waals surface area contributed by atoms with Crippen LogP contribution in [0.15, 0.2) is 6.07 Å². The Labute approximate surface area is 114 Å². The number of aliphatic hydroxyl groups is 1. The van der Waals surface area contributed by atoms with Crippen LogP contribution in [0.3, 0.4) is 0 Å². The molecule has 0 atom stereocenters. The Hall–Kier alpha value is -1.20. The van der Waals surface area contributed by atoms with Crippen molar-refractivity contribution >= 4 is 5.95 Å². The van der Waals surface area contributed by atoms with Gasteiger partial charge >= 0.3 is 0 Å². The molecule has 106 valence electrons. The van der Waals surface area contributed by atoms with Crippen LogP contribution < -0.4 is 10.6 Å². The van der Waals surface area contributed by atoms with Gasteiger partial charge in [0.05, 0.1) is 12.3 Å². The van der Waals surface area contributed by atoms with Gasteiger partial charge in [-0.15, -0.1) is 0 Å². The number of nitrogens with two attached hydrogens (primary N) is 1. The average Bonchev–Trinajstić information content (AvgIpc) is 2.45. The standard InChI is InChI=1S/C14H24N4O/c1-11-9-12(10-15)17-14(16-11)18(7-8-19)13-5-3-2-4-6-13/h9,13,19H,2-8,10,15H2,1H3. The third kappa shape index (κ3) is 3.64. The summed E-state index contributed by atoms with van der Waals surface area (Å²) in [6.45, 7) is 3.11. The number of aryl methyl sites for hydroxylation is 1. The van der Waals surface area contributed by atoms with Crippen LogP contribution in [0, 0.1) is 6.92 Å². The zero-order valence-corrected chi connectivity index (χ0v) is 11.7. The Kier molecular flexibility index (Phi) is 5.10. The number of aliphatic hydroxyl groups excluding tert-OH is 1. The molecule has 0 amide bonds. The maximum absolute atomic E-state index is 9.30. The highest BCUT2D eigenvalue weighted by atomic mass is 16.3. The number of rotatable bonds is 5. The molecule has 1 fully saturated rings. The largest absolute Gasteiger partial charge is 0.395 e. The molecule has 3 N–H and O–H groups in total. The summed E-state index contributed by atoms with van der Waals surface area (Å²) < 4.78 is 0. The Morgan fingerprint density at radius 3 is 2.68 bits per heavy atom. The third-order valence-electron chi connectivity index (χ3n) is 3.72. The highest BCUT2D eigenvalue weighted by molar-refractivity contribution is 5.34. The first-order valence-electron chi connectivity index (χ1n) is 7.16. The molecule has 1 aromatic heterocycles. The molecule has 0 bridgehead atoms. The SMILES string of the molecule is Cc1cc(CN)nc(N(CCO)C2CCCCC2)n1. The van der Waals surface area contributed by atoms with Gasteiger partial charge < -0.3 is 15.7 Å². The van der Waals surface area contributed by atoms with Crippen LogP contribution >= 0.6 is 0 Å². The molecule has 0 aromatic carbocycles. The van der Waals surface area contributed by atoms with E-state index in [1.165, 1.54) is 19.3 Å². The molecule has 1 aliphatic rings. The third-order valence-corrected chi connectivity index (χ3v) is 3.72. The van der Waals surface area contributed by atoms with E-state index in [4.69, 9.17) is 5.73 Å². The molecule has 0 unspecified atom stereocenters. The number of aromatic nitrogens is 2. The number of hydrogen-bond acceptors (Lipinski definition) is 5. The van der Waals surface area contributed by atoms with Crippen molar-refractivity contribution in [2.75, 3.05) is 18.1 Å². The van der Waals surface area contributed by atoms with Crippen molar-refractivity contribution in [3.63, 3.8) is 0 Å². The van der Waals surface area contributed by atoms with E-state index >= 15 is 0 Å². The first kappa shape index (κ1) is 14.2. The van der Waals surface area contributed by atoms with Crippen molar-refractivity contribution in [2.24, 2.45) is 5.73 Å². The van der Waals surface area contributed by atoms with Crippen LogP contribution in [-0.4, -0.2) is 34.3 Å². The molecule has 1 aromatic rings. The molecule has 5 heteroatoms. The molecule has 1 heterocycles. The smallest absolute Gasteiger partial charge is 0.226 e. The Morgan fingerprint density at radius 2 is 2.05 bits per heavy atom. The fraction of sp³-hybridized carbons (Fsp3) is 0.714. The van der Waals surface area contributed by atoms with Crippen LogP contribution in [0.4, 0.5) is 5.95 Å². The summed E-state index contributed by atoms with van der Waals surface area (Å²) >= 11 is 0. The van der Waals surface area contributed by atoms with Crippen molar-refractivity contribution in [3.05, 3.63) is 17.5 Å². The maximum Gasteiger partial charge on any atom is 0.226 e. The molecular weight excluding hydrogens is 240 g/mol. The molecule has 0 spiro atoms. The lowest BCUT2D eigenvalue weighted by Crippen LogP contribution is -2.40. The molecule has 1 aliphatic carbocycles. The summed E-state index contributed by atoms with van der Waals surface area (Å²) in [7, 11) is 0. The minimum atomic E-state index is 0.131. The molecule has 2 rings (SSSR count). The summed E-state index contributed by atoms with van der Waals surface area (Å²) in [6, 6.07) is 2.37. The van der Waals surface area contributed by atoms with Crippen LogP contribution in [0.2, 0.25) is 0 Å². The van der Waals surface area contributed by atoms with Crippen LogP contribution in [0.25, 0.3) is 0 Å². The topological polar surface area (TPSA) is 75.3 Å². The van der Waals surface area contributed by atoms with Crippen molar-refractivity contribution < 1.29 is 5.11 Å². The lowest BCUT2D eigenvalue weighted by atomic mass is 9.94. The van der Waals surface area contributed by atoms with E-state index in [1.807, 2.05) is 13.0 Å². The normalized spacial score (nSPS) is 16.6. The van der Waals surface area contributed by atoms with Gasteiger partial charge in [0, 0.05) is 24.8 Å². The zero-order chi connectivity index (χ0) is 13.7. The first-order valence-corrected chi connectivity index (χ1v) is 7.16. The van der Waals surface area contributed by atoms with Crippen molar-refractivity contribution in [1.82, 2.24) is 9.97 Å². The van der Waals surface area contributed by atoms with Gasteiger partial charge in [-0.3, -0.25) is 0 Å². The van der Waals surface area contributed by atoms with Crippen molar-refractivity contribution in [3.8, 4) is 0 Å². The quantitative estimate of drug-likeness (QED) is 0.840. The van der Waals surface area contributed by atoms with E-state index in [0.717, 1.165) is 30.2 Å². The van der Waals surface area contributed by atoms with Crippen LogP contribution in [-0.2, 0) is 6.54 Å². The highest BCUT2D eigenvalue weighted by Gasteiger charge is 2.23. The Balaban J connectivity index is 2.24. The van der Waals surface area contributed by atoms with E-state index in [2.05, 4.69) is 14.9 Å². The average molecular weight is 264 g/mol. The monoisotopic (exact) mass is 264 g/mol. The Bertz CT molecular complexity index is 404. The summed E-state index contributed by atoms with van der Waals surface area (Å²) in [5, 5.41) is 9.30. The number of nitrogens with zero attached hydrogens (tertiary/aromatic N) is 3. The summed E-state index contributed by atoms with van der Waals surface area (Å²) in [4.78, 5) is 11.2. The van der Waals surface area contributed by atoms with Crippen LogP contribution in [0.5, 0.6) is 0 Å². The van der Waals surface area contributed by atoms with Gasteiger partial charge in [-0.25, -0.2) is 9.97 Å². The van der Waals surface area contributed by atoms with E-state index < -0.39 is 0 Å². The Morgan fingerprint density at radius 1 is 1.32 bits per heavy atom. The lowest BCUT2D eigenvalue weighted by molar-refractivity contribution is 0.288. The van der Waals surface area contributed by atoms with Gasteiger partial charge in [0.25, 0.3) is 0 Å². The summed E-state index contributed by atoms with van der Waals surface area (Å²) in [5.41, 5.74) is 7.48. The van der Waals surface area contributed by atoms with E-state index in [0.29, 0.717) is 19.1 Å². The van der Waals surface area contributed by atoms with Crippen molar-refractivity contribution in [1.29, 1.82) is 0 Å². The van der Waals surface area contributed by atoms with E-state index in [9.17, 15) is 5.11 Å². The molecular formula is C14H24N4O. The minimum Gasteiger partial charge on any atom is -0.395 e. The molecule has 19 heavy (non-hydrogen) atoms. The van der Waals surface area contributed by atoms with Gasteiger partial charge in [-0.1, -0.05) is 19.3 Å². The fourth-order valence-electron chi connectivity index (χ4n) is 2.80. The first-order chi connectivity index (χ1) is 9.24. The predicted molar refractivity (Wildman–Crippen MR) is 76.0 cm³/mol. The van der Waals surface area contributed by atoms with E-state index in [-0.39, 0.29) is 6.61 Å². The highest BCUT2D eigenvalue weighted by Crippen LogP contribution is 2.25. The number of anilines is 1. The fourth-order valence-corrected chi connectivity index (χ4v) is 2.80. The van der Waals surface area contributed by atoms with Crippen molar-refractivity contribution in [2.45, 2.75) is 51.6 Å². The van der Waals surface area contributed by atoms with Gasteiger partial charge in [-0.05, 0) is 25.8 Å². The van der Waals surface area contributed by atoms with Gasteiger partial charge in [-0.2, -0.15) is 0 Å². The van der Waals surface area contributed by atoms with E-state index in [1.54, 1.807) is 0 Å². The molecule has 0 radical (unpaired) electrons. The van der Waals surface area contributed by atoms with Gasteiger partial charge in [0.2, 0.25) is 5.95 Å². The second kappa shape index (κ2) is 6.82. The van der Waals surface area contributed by atoms with Gasteiger partial charge in [0.15, 0.2) is 0 Å². The number of hydrogen-bond donors (Lipinski definition) is 2. The van der Waals surface area contributed by atoms with Gasteiger partial charge in [0.1, 0.15) is 0 Å². The maximum atomic E-state index is 9.30. The molecule has 0 saturated heterocycles. The predicted octanol–water partition coefficient (Wildman–Crippen LogP) is 1.38. The zero-order valence-electron chi connectivity index (χ0n) is 11.7. The van der Waals surface area contributed by atoms with Crippen LogP contribution in [0.1, 0.15) is 43.5 Å².